The van der Waals surface area contributed by atoms with Gasteiger partial charge in [0.15, 0.2) is 12.2 Å². The second-order valence-electron chi connectivity index (χ2n) is 6.91. The van der Waals surface area contributed by atoms with E-state index in [1.807, 2.05) is 0 Å². The van der Waals surface area contributed by atoms with Crippen LogP contribution in [0.5, 0.6) is 5.75 Å². The normalized spacial score (nSPS) is 24.8. The third-order valence-corrected chi connectivity index (χ3v) is 4.74. The number of halogens is 2. The van der Waals surface area contributed by atoms with Gasteiger partial charge in [0.1, 0.15) is 24.5 Å². The molecular formula is C20H23Cl2NO9. The lowest BCUT2D eigenvalue weighted by Crippen LogP contribution is -2.67. The van der Waals surface area contributed by atoms with E-state index in [0.29, 0.717) is 5.02 Å². The summed E-state index contributed by atoms with van der Waals surface area (Å²) in [5.74, 6) is -2.35. The first-order valence-electron chi connectivity index (χ1n) is 9.50. The van der Waals surface area contributed by atoms with E-state index in [-0.39, 0.29) is 17.4 Å². The highest BCUT2D eigenvalue weighted by Crippen LogP contribution is 2.33. The lowest BCUT2D eigenvalue weighted by atomic mass is 9.96. The summed E-state index contributed by atoms with van der Waals surface area (Å²) < 4.78 is 27.5. The highest BCUT2D eigenvalue weighted by molar-refractivity contribution is 6.35. The van der Waals surface area contributed by atoms with Gasteiger partial charge in [-0.1, -0.05) is 23.2 Å². The van der Waals surface area contributed by atoms with Gasteiger partial charge in [0, 0.05) is 32.7 Å². The van der Waals surface area contributed by atoms with Crippen LogP contribution in [0.15, 0.2) is 18.2 Å². The van der Waals surface area contributed by atoms with Gasteiger partial charge in [-0.3, -0.25) is 19.2 Å². The van der Waals surface area contributed by atoms with Crippen LogP contribution in [0, 0.1) is 0 Å². The summed E-state index contributed by atoms with van der Waals surface area (Å²) in [6.45, 7) is 4.39. The fourth-order valence-electron chi connectivity index (χ4n) is 3.09. The third-order valence-electron chi connectivity index (χ3n) is 4.21. The minimum Gasteiger partial charge on any atom is -0.463 e. The van der Waals surface area contributed by atoms with Crippen molar-refractivity contribution in [1.82, 2.24) is 5.32 Å². The third kappa shape index (κ3) is 7.25. The molecule has 5 atom stereocenters. The second-order valence-corrected chi connectivity index (χ2v) is 7.76. The number of carbonyl (C=O) groups excluding carboxylic acids is 4. The number of hydrogen-bond donors (Lipinski definition) is 1. The van der Waals surface area contributed by atoms with Crippen molar-refractivity contribution in [3.8, 4) is 5.75 Å². The summed E-state index contributed by atoms with van der Waals surface area (Å²) >= 11 is 12.1. The van der Waals surface area contributed by atoms with Gasteiger partial charge in [0.2, 0.25) is 12.2 Å². The Morgan fingerprint density at radius 2 is 1.59 bits per heavy atom. The maximum atomic E-state index is 11.9. The Balaban J connectivity index is 2.47. The predicted molar refractivity (Wildman–Crippen MR) is 111 cm³/mol. The van der Waals surface area contributed by atoms with Gasteiger partial charge >= 0.3 is 17.9 Å². The van der Waals surface area contributed by atoms with Crippen LogP contribution in [0.25, 0.3) is 0 Å². The van der Waals surface area contributed by atoms with Crippen LogP contribution in [-0.2, 0) is 38.1 Å². The molecule has 0 saturated carbocycles. The van der Waals surface area contributed by atoms with E-state index in [4.69, 9.17) is 46.9 Å². The molecule has 2 rings (SSSR count). The fourth-order valence-corrected chi connectivity index (χ4v) is 3.54. The highest BCUT2D eigenvalue weighted by atomic mass is 35.5. The lowest BCUT2D eigenvalue weighted by molar-refractivity contribution is -0.257. The standard InChI is InChI=1S/C20H23Cl2NO9/c1-9(24)23-17-19(30-12(4)27)18(29-11(3)26)16(8-28-10(2)25)32-20(17)31-15-6-5-13(21)7-14(15)22/h5-7,16-20H,8H2,1-4H3,(H,23,24)/t16-,17+,18+,19+,20-/m1/s1. The van der Waals surface area contributed by atoms with Gasteiger partial charge in [-0.25, -0.2) is 0 Å². The molecule has 0 radical (unpaired) electrons. The minimum atomic E-state index is -1.27. The van der Waals surface area contributed by atoms with Crippen LogP contribution in [0.2, 0.25) is 10.0 Å². The summed E-state index contributed by atoms with van der Waals surface area (Å²) in [5, 5.41) is 3.12. The highest BCUT2D eigenvalue weighted by Gasteiger charge is 2.52. The van der Waals surface area contributed by atoms with Crippen molar-refractivity contribution >= 4 is 47.0 Å². The molecule has 10 nitrogen and oxygen atoms in total. The maximum Gasteiger partial charge on any atom is 0.303 e. The Hall–Kier alpha value is -2.56. The van der Waals surface area contributed by atoms with E-state index < -0.39 is 54.5 Å². The molecule has 32 heavy (non-hydrogen) atoms. The van der Waals surface area contributed by atoms with Crippen molar-refractivity contribution in [3.63, 3.8) is 0 Å². The fraction of sp³-hybridized carbons (Fsp3) is 0.500. The smallest absolute Gasteiger partial charge is 0.303 e. The first-order chi connectivity index (χ1) is 15.0. The summed E-state index contributed by atoms with van der Waals surface area (Å²) in [6, 6.07) is 3.34. The Labute approximate surface area is 194 Å². The zero-order valence-electron chi connectivity index (χ0n) is 17.8. The maximum absolute atomic E-state index is 11.9. The van der Waals surface area contributed by atoms with Crippen molar-refractivity contribution in [2.24, 2.45) is 0 Å². The molecule has 1 N–H and O–H groups in total. The van der Waals surface area contributed by atoms with Gasteiger partial charge in [-0.05, 0) is 18.2 Å². The molecule has 1 aliphatic rings. The Bertz CT molecular complexity index is 879. The van der Waals surface area contributed by atoms with Gasteiger partial charge < -0.3 is 29.0 Å². The molecule has 1 aromatic rings. The summed E-state index contributed by atoms with van der Waals surface area (Å²) in [7, 11) is 0. The van der Waals surface area contributed by atoms with E-state index >= 15 is 0 Å². The molecule has 0 spiro atoms. The average molecular weight is 492 g/mol. The molecule has 1 amide bonds. The van der Waals surface area contributed by atoms with Crippen LogP contribution in [0.3, 0.4) is 0 Å². The van der Waals surface area contributed by atoms with E-state index in [0.717, 1.165) is 13.8 Å². The largest absolute Gasteiger partial charge is 0.463 e. The van der Waals surface area contributed by atoms with Crippen molar-refractivity contribution in [1.29, 1.82) is 0 Å². The van der Waals surface area contributed by atoms with Gasteiger partial charge in [-0.15, -0.1) is 0 Å². The zero-order chi connectivity index (χ0) is 24.0. The van der Waals surface area contributed by atoms with Crippen molar-refractivity contribution in [3.05, 3.63) is 28.2 Å². The number of rotatable bonds is 7. The van der Waals surface area contributed by atoms with E-state index in [9.17, 15) is 19.2 Å². The molecule has 1 heterocycles. The van der Waals surface area contributed by atoms with E-state index in [1.165, 1.54) is 32.0 Å². The molecule has 12 heteroatoms. The van der Waals surface area contributed by atoms with Crippen LogP contribution in [0.4, 0.5) is 0 Å². The monoisotopic (exact) mass is 491 g/mol. The molecule has 1 aliphatic heterocycles. The number of hydrogen-bond acceptors (Lipinski definition) is 9. The average Bonchev–Trinajstić information content (AvgIpc) is 2.65. The summed E-state index contributed by atoms with van der Waals surface area (Å²) in [6.07, 6.45) is -4.80. The molecule has 1 saturated heterocycles. The molecule has 0 aromatic heterocycles. The van der Waals surface area contributed by atoms with Crippen LogP contribution < -0.4 is 10.1 Å². The van der Waals surface area contributed by atoms with Crippen LogP contribution >= 0.6 is 23.2 Å². The molecule has 176 valence electrons. The van der Waals surface area contributed by atoms with Crippen molar-refractivity contribution < 1.29 is 42.9 Å². The minimum absolute atomic E-state index is 0.158. The summed E-state index contributed by atoms with van der Waals surface area (Å²) in [4.78, 5) is 46.8. The van der Waals surface area contributed by atoms with E-state index in [2.05, 4.69) is 5.32 Å². The van der Waals surface area contributed by atoms with Gasteiger partial charge in [0.05, 0.1) is 5.02 Å². The number of carbonyl (C=O) groups is 4. The molecule has 0 bridgehead atoms. The Morgan fingerprint density at radius 3 is 2.12 bits per heavy atom. The lowest BCUT2D eigenvalue weighted by Gasteiger charge is -2.44. The van der Waals surface area contributed by atoms with Gasteiger partial charge in [0.25, 0.3) is 0 Å². The van der Waals surface area contributed by atoms with Gasteiger partial charge in [-0.2, -0.15) is 0 Å². The predicted octanol–water partition coefficient (Wildman–Crippen LogP) is 2.03. The molecule has 0 unspecified atom stereocenters. The topological polar surface area (TPSA) is 126 Å². The number of amides is 1. The summed E-state index contributed by atoms with van der Waals surface area (Å²) in [5.41, 5.74) is 0. The zero-order valence-corrected chi connectivity index (χ0v) is 19.3. The molecule has 0 aliphatic carbocycles. The first-order valence-corrected chi connectivity index (χ1v) is 10.3. The van der Waals surface area contributed by atoms with Crippen LogP contribution in [-0.4, -0.2) is 61.1 Å². The quantitative estimate of drug-likeness (QED) is 0.449. The van der Waals surface area contributed by atoms with Crippen molar-refractivity contribution in [2.45, 2.75) is 58.3 Å². The SMILES string of the molecule is CC(=O)N[C@@H]1[C@H](Oc2ccc(Cl)cc2Cl)O[C@H](COC(C)=O)[C@H](OC(C)=O)[C@H]1OC(C)=O. The number of ether oxygens (including phenoxy) is 5. The van der Waals surface area contributed by atoms with Crippen molar-refractivity contribution in [2.75, 3.05) is 6.61 Å². The Morgan fingerprint density at radius 1 is 0.969 bits per heavy atom. The number of benzene rings is 1. The first kappa shape index (κ1) is 25.7. The Kier molecular flexibility index (Phi) is 9.11. The van der Waals surface area contributed by atoms with Crippen LogP contribution in [0.1, 0.15) is 27.7 Å². The second kappa shape index (κ2) is 11.3. The number of nitrogens with one attached hydrogen (secondary N) is 1. The van der Waals surface area contributed by atoms with E-state index in [1.54, 1.807) is 0 Å². The number of esters is 3. The molecule has 1 aromatic carbocycles. The molecular weight excluding hydrogens is 469 g/mol. The molecule has 1 fully saturated rings.